The lowest BCUT2D eigenvalue weighted by molar-refractivity contribution is -0.113. The Bertz CT molecular complexity index is 641. The summed E-state index contributed by atoms with van der Waals surface area (Å²) in [5.41, 5.74) is 1.46. The molecule has 0 fully saturated rings. The molecule has 0 aromatic heterocycles. The smallest absolute Gasteiger partial charge is 0.303 e. The molecular formula is C16H12ClNO. The van der Waals surface area contributed by atoms with Crippen molar-refractivity contribution in [3.05, 3.63) is 65.2 Å². The van der Waals surface area contributed by atoms with Crippen LogP contribution in [0.5, 0.6) is 0 Å². The van der Waals surface area contributed by atoms with Crippen LogP contribution < -0.4 is 4.90 Å². The van der Waals surface area contributed by atoms with Gasteiger partial charge in [0.2, 0.25) is 0 Å². The third-order valence-corrected chi connectivity index (χ3v) is 2.93. The normalized spacial score (nSPS) is 9.37. The molecular weight excluding hydrogens is 258 g/mol. The highest BCUT2D eigenvalue weighted by Gasteiger charge is 2.10. The first-order valence-electron chi connectivity index (χ1n) is 5.78. The second-order valence-electron chi connectivity index (χ2n) is 3.93. The Hall–Kier alpha value is -2.24. The zero-order valence-electron chi connectivity index (χ0n) is 10.4. The van der Waals surface area contributed by atoms with Crippen LogP contribution in [0.25, 0.3) is 0 Å². The lowest BCUT2D eigenvalue weighted by atomic mass is 10.2. The minimum atomic E-state index is -0.294. The maximum absolute atomic E-state index is 12.0. The first-order chi connectivity index (χ1) is 9.18. The zero-order valence-corrected chi connectivity index (χ0v) is 11.2. The lowest BCUT2D eigenvalue weighted by Crippen LogP contribution is -2.24. The van der Waals surface area contributed by atoms with Gasteiger partial charge in [-0.05, 0) is 24.3 Å². The SMILES string of the molecule is CN(C(=O)C#Cc1ccccc1)c1ccccc1Cl. The molecule has 19 heavy (non-hydrogen) atoms. The summed E-state index contributed by atoms with van der Waals surface area (Å²) in [6.07, 6.45) is 0. The van der Waals surface area contributed by atoms with E-state index in [1.165, 1.54) is 4.90 Å². The van der Waals surface area contributed by atoms with E-state index in [2.05, 4.69) is 11.8 Å². The third kappa shape index (κ3) is 3.37. The number of hydrogen-bond donors (Lipinski definition) is 0. The summed E-state index contributed by atoms with van der Waals surface area (Å²) in [7, 11) is 1.66. The molecule has 0 aliphatic carbocycles. The second kappa shape index (κ2) is 6.08. The quantitative estimate of drug-likeness (QED) is 0.727. The van der Waals surface area contributed by atoms with Gasteiger partial charge in [0.05, 0.1) is 10.7 Å². The molecule has 94 valence electrons. The monoisotopic (exact) mass is 269 g/mol. The van der Waals surface area contributed by atoms with Crippen LogP contribution in [0.2, 0.25) is 5.02 Å². The van der Waals surface area contributed by atoms with E-state index >= 15 is 0 Å². The van der Waals surface area contributed by atoms with Gasteiger partial charge >= 0.3 is 5.91 Å². The van der Waals surface area contributed by atoms with Gasteiger partial charge in [-0.15, -0.1) is 0 Å². The van der Waals surface area contributed by atoms with Crippen molar-refractivity contribution in [3.63, 3.8) is 0 Å². The molecule has 0 saturated heterocycles. The molecule has 0 aliphatic heterocycles. The van der Waals surface area contributed by atoms with Crippen molar-refractivity contribution in [1.82, 2.24) is 0 Å². The Kier molecular flexibility index (Phi) is 4.22. The molecule has 3 heteroatoms. The molecule has 0 bridgehead atoms. The minimum Gasteiger partial charge on any atom is -0.303 e. The van der Waals surface area contributed by atoms with Crippen molar-refractivity contribution in [2.24, 2.45) is 0 Å². The average Bonchev–Trinajstić information content (AvgIpc) is 2.45. The predicted molar refractivity (Wildman–Crippen MR) is 78.2 cm³/mol. The van der Waals surface area contributed by atoms with Crippen LogP contribution in [0.1, 0.15) is 5.56 Å². The van der Waals surface area contributed by atoms with Gasteiger partial charge in [0.25, 0.3) is 0 Å². The molecule has 0 aliphatic rings. The van der Waals surface area contributed by atoms with Crippen LogP contribution in [0, 0.1) is 11.8 Å². The maximum Gasteiger partial charge on any atom is 0.303 e. The van der Waals surface area contributed by atoms with Crippen molar-refractivity contribution in [3.8, 4) is 11.8 Å². The summed E-state index contributed by atoms with van der Waals surface area (Å²) in [5.74, 6) is 5.14. The van der Waals surface area contributed by atoms with Crippen LogP contribution in [-0.4, -0.2) is 13.0 Å². The van der Waals surface area contributed by atoms with Gasteiger partial charge in [-0.25, -0.2) is 0 Å². The highest BCUT2D eigenvalue weighted by molar-refractivity contribution is 6.34. The maximum atomic E-state index is 12.0. The standard InChI is InChI=1S/C16H12ClNO/c1-18(15-10-6-5-9-14(15)17)16(19)12-11-13-7-3-2-4-8-13/h2-10H,1H3. The topological polar surface area (TPSA) is 20.3 Å². The van der Waals surface area contributed by atoms with Crippen LogP contribution >= 0.6 is 11.6 Å². The fourth-order valence-electron chi connectivity index (χ4n) is 1.56. The van der Waals surface area contributed by atoms with E-state index in [0.29, 0.717) is 10.7 Å². The number of carbonyl (C=O) groups excluding carboxylic acids is 1. The zero-order chi connectivity index (χ0) is 13.7. The Balaban J connectivity index is 2.18. The van der Waals surface area contributed by atoms with Gasteiger partial charge in [-0.3, -0.25) is 4.79 Å². The Morgan fingerprint density at radius 2 is 1.68 bits per heavy atom. The number of anilines is 1. The van der Waals surface area contributed by atoms with Gasteiger partial charge in [0.15, 0.2) is 0 Å². The van der Waals surface area contributed by atoms with Crippen LogP contribution in [0.15, 0.2) is 54.6 Å². The molecule has 2 rings (SSSR count). The molecule has 0 unspecified atom stereocenters. The molecule has 0 saturated carbocycles. The number of para-hydroxylation sites is 1. The second-order valence-corrected chi connectivity index (χ2v) is 4.34. The number of benzene rings is 2. The molecule has 2 nitrogen and oxygen atoms in total. The van der Waals surface area contributed by atoms with E-state index in [-0.39, 0.29) is 5.91 Å². The molecule has 0 radical (unpaired) electrons. The summed E-state index contributed by atoms with van der Waals surface area (Å²) in [6, 6.07) is 16.6. The molecule has 2 aromatic rings. The van der Waals surface area contributed by atoms with E-state index in [1.807, 2.05) is 42.5 Å². The van der Waals surface area contributed by atoms with Gasteiger partial charge in [-0.2, -0.15) is 0 Å². The molecule has 0 spiro atoms. The van der Waals surface area contributed by atoms with E-state index in [1.54, 1.807) is 19.2 Å². The first-order valence-corrected chi connectivity index (χ1v) is 6.15. The summed E-state index contributed by atoms with van der Waals surface area (Å²) in [5, 5.41) is 0.528. The van der Waals surface area contributed by atoms with Crippen molar-refractivity contribution < 1.29 is 4.79 Å². The Morgan fingerprint density at radius 3 is 2.37 bits per heavy atom. The van der Waals surface area contributed by atoms with Gasteiger partial charge in [0.1, 0.15) is 0 Å². The predicted octanol–water partition coefficient (Wildman–Crippen LogP) is 3.35. The summed E-state index contributed by atoms with van der Waals surface area (Å²) in [4.78, 5) is 13.4. The van der Waals surface area contributed by atoms with Gasteiger partial charge in [0, 0.05) is 18.5 Å². The lowest BCUT2D eigenvalue weighted by Gasteiger charge is -2.15. The largest absolute Gasteiger partial charge is 0.303 e. The number of rotatable bonds is 1. The molecule has 0 atom stereocenters. The van der Waals surface area contributed by atoms with E-state index in [9.17, 15) is 4.79 Å². The summed E-state index contributed by atoms with van der Waals surface area (Å²) < 4.78 is 0. The number of carbonyl (C=O) groups is 1. The Morgan fingerprint density at radius 1 is 1.05 bits per heavy atom. The molecule has 0 heterocycles. The Labute approximate surface area is 117 Å². The van der Waals surface area contributed by atoms with Gasteiger partial charge in [-0.1, -0.05) is 47.9 Å². The number of amides is 1. The fourth-order valence-corrected chi connectivity index (χ4v) is 1.83. The summed E-state index contributed by atoms with van der Waals surface area (Å²) in [6.45, 7) is 0. The number of nitrogens with zero attached hydrogens (tertiary/aromatic N) is 1. The highest BCUT2D eigenvalue weighted by Crippen LogP contribution is 2.23. The van der Waals surface area contributed by atoms with Crippen LogP contribution in [0.3, 0.4) is 0 Å². The third-order valence-electron chi connectivity index (χ3n) is 2.61. The molecule has 0 N–H and O–H groups in total. The van der Waals surface area contributed by atoms with Gasteiger partial charge < -0.3 is 4.90 Å². The van der Waals surface area contributed by atoms with Crippen molar-refractivity contribution >= 4 is 23.2 Å². The molecule has 1 amide bonds. The highest BCUT2D eigenvalue weighted by atomic mass is 35.5. The number of halogens is 1. The fraction of sp³-hybridized carbons (Fsp3) is 0.0625. The average molecular weight is 270 g/mol. The van der Waals surface area contributed by atoms with Crippen LogP contribution in [0.4, 0.5) is 5.69 Å². The van der Waals surface area contributed by atoms with Crippen molar-refractivity contribution in [1.29, 1.82) is 0 Å². The van der Waals surface area contributed by atoms with Crippen LogP contribution in [-0.2, 0) is 4.79 Å². The van der Waals surface area contributed by atoms with E-state index in [4.69, 9.17) is 11.6 Å². The van der Waals surface area contributed by atoms with Crippen molar-refractivity contribution in [2.45, 2.75) is 0 Å². The number of hydrogen-bond acceptors (Lipinski definition) is 1. The minimum absolute atomic E-state index is 0.294. The van der Waals surface area contributed by atoms with Crippen molar-refractivity contribution in [2.75, 3.05) is 11.9 Å². The van der Waals surface area contributed by atoms with E-state index < -0.39 is 0 Å². The molecule has 2 aromatic carbocycles. The first kappa shape index (κ1) is 13.2. The van der Waals surface area contributed by atoms with E-state index in [0.717, 1.165) is 5.56 Å². The summed E-state index contributed by atoms with van der Waals surface area (Å²) >= 11 is 6.04.